The summed E-state index contributed by atoms with van der Waals surface area (Å²) in [7, 11) is 0. The van der Waals surface area contributed by atoms with Crippen LogP contribution in [0.1, 0.15) is 5.69 Å². The van der Waals surface area contributed by atoms with E-state index in [1.165, 1.54) is 0 Å². The Hall–Kier alpha value is -0.580. The number of halogens is 2. The average Bonchev–Trinajstić information content (AvgIpc) is 2.69. The van der Waals surface area contributed by atoms with Crippen molar-refractivity contribution in [2.75, 3.05) is 0 Å². The lowest BCUT2D eigenvalue weighted by molar-refractivity contribution is 0.274. The maximum Gasteiger partial charge on any atom is 0.0836 e. The van der Waals surface area contributed by atoms with Crippen molar-refractivity contribution in [3.05, 3.63) is 51.2 Å². The van der Waals surface area contributed by atoms with Crippen LogP contribution in [0.15, 0.2) is 45.5 Å². The minimum absolute atomic E-state index is 0.0337. The Kier molecular flexibility index (Phi) is 3.29. The molecule has 1 aromatic carbocycles. The molecule has 1 N–H and O–H groups in total. The quantitative estimate of drug-likeness (QED) is 0.895. The third-order valence-corrected chi connectivity index (χ3v) is 3.33. The van der Waals surface area contributed by atoms with Crippen LogP contribution in [0.5, 0.6) is 0 Å². The summed E-state index contributed by atoms with van der Waals surface area (Å²) < 4.78 is 3.96. The van der Waals surface area contributed by atoms with E-state index in [2.05, 4.69) is 31.9 Å². The molecule has 2 nitrogen and oxygen atoms in total. The van der Waals surface area contributed by atoms with E-state index in [0.717, 1.165) is 20.3 Å². The Balaban J connectivity index is 2.58. The first-order valence-corrected chi connectivity index (χ1v) is 6.03. The van der Waals surface area contributed by atoms with Crippen LogP contribution in [0.2, 0.25) is 0 Å². The van der Waals surface area contributed by atoms with Gasteiger partial charge in [0.2, 0.25) is 0 Å². The molecular weight excluding hydrogens is 322 g/mol. The standard InChI is InChI=1S/C11H9Br2NO/c12-8-3-4-10(13)11(6-8)14-5-1-2-9(14)7-15/h1-6,15H,7H2. The summed E-state index contributed by atoms with van der Waals surface area (Å²) in [5, 5.41) is 9.18. The molecule has 0 aliphatic heterocycles. The van der Waals surface area contributed by atoms with Crippen LogP contribution in [0.25, 0.3) is 5.69 Å². The first-order chi connectivity index (χ1) is 7.22. The highest BCUT2D eigenvalue weighted by atomic mass is 79.9. The zero-order chi connectivity index (χ0) is 10.8. The van der Waals surface area contributed by atoms with Crippen LogP contribution in [-0.2, 0) is 6.61 Å². The summed E-state index contributed by atoms with van der Waals surface area (Å²) in [4.78, 5) is 0. The molecule has 0 aliphatic carbocycles. The van der Waals surface area contributed by atoms with Gasteiger partial charge in [-0.25, -0.2) is 0 Å². The van der Waals surface area contributed by atoms with E-state index < -0.39 is 0 Å². The summed E-state index contributed by atoms with van der Waals surface area (Å²) >= 11 is 6.92. The van der Waals surface area contributed by atoms with Gasteiger partial charge in [0.15, 0.2) is 0 Å². The highest BCUT2D eigenvalue weighted by Crippen LogP contribution is 2.26. The van der Waals surface area contributed by atoms with Crippen molar-refractivity contribution in [2.24, 2.45) is 0 Å². The lowest BCUT2D eigenvalue weighted by Crippen LogP contribution is -1.99. The van der Waals surface area contributed by atoms with Gasteiger partial charge < -0.3 is 9.67 Å². The molecule has 1 heterocycles. The molecule has 78 valence electrons. The maximum absolute atomic E-state index is 9.18. The highest BCUT2D eigenvalue weighted by Gasteiger charge is 2.06. The molecule has 0 fully saturated rings. The van der Waals surface area contributed by atoms with Crippen molar-refractivity contribution in [1.82, 2.24) is 4.57 Å². The number of rotatable bonds is 2. The molecule has 0 radical (unpaired) electrons. The van der Waals surface area contributed by atoms with E-state index in [9.17, 15) is 5.11 Å². The number of aromatic nitrogens is 1. The fraction of sp³-hybridized carbons (Fsp3) is 0.0909. The lowest BCUT2D eigenvalue weighted by atomic mass is 10.3. The second-order valence-electron chi connectivity index (χ2n) is 3.12. The van der Waals surface area contributed by atoms with Crippen molar-refractivity contribution in [1.29, 1.82) is 0 Å². The molecule has 1 aromatic heterocycles. The average molecular weight is 331 g/mol. The van der Waals surface area contributed by atoms with Crippen LogP contribution in [-0.4, -0.2) is 9.67 Å². The zero-order valence-corrected chi connectivity index (χ0v) is 11.0. The summed E-state index contributed by atoms with van der Waals surface area (Å²) in [5.41, 5.74) is 1.88. The first-order valence-electron chi connectivity index (χ1n) is 4.45. The third-order valence-electron chi connectivity index (χ3n) is 2.16. The Labute approximate surface area is 105 Å². The number of aliphatic hydroxyl groups is 1. The Morgan fingerprint density at radius 3 is 2.73 bits per heavy atom. The van der Waals surface area contributed by atoms with Gasteiger partial charge in [-0.2, -0.15) is 0 Å². The number of nitrogens with zero attached hydrogens (tertiary/aromatic N) is 1. The minimum Gasteiger partial charge on any atom is -0.390 e. The number of hydrogen-bond donors (Lipinski definition) is 1. The van der Waals surface area contributed by atoms with Gasteiger partial charge in [-0.15, -0.1) is 0 Å². The second kappa shape index (κ2) is 4.51. The third kappa shape index (κ3) is 2.17. The van der Waals surface area contributed by atoms with Crippen LogP contribution in [0.3, 0.4) is 0 Å². The topological polar surface area (TPSA) is 25.2 Å². The van der Waals surface area contributed by atoms with Gasteiger partial charge in [0, 0.05) is 20.8 Å². The molecule has 0 aliphatic rings. The smallest absolute Gasteiger partial charge is 0.0836 e. The summed E-state index contributed by atoms with van der Waals surface area (Å²) in [6.07, 6.45) is 1.93. The fourth-order valence-corrected chi connectivity index (χ4v) is 2.24. The molecule has 0 atom stereocenters. The Bertz CT molecular complexity index is 479. The molecule has 0 saturated carbocycles. The fourth-order valence-electron chi connectivity index (χ4n) is 1.45. The number of aliphatic hydroxyl groups excluding tert-OH is 1. The van der Waals surface area contributed by atoms with Gasteiger partial charge >= 0.3 is 0 Å². The summed E-state index contributed by atoms with van der Waals surface area (Å²) in [5.74, 6) is 0. The Morgan fingerprint density at radius 2 is 2.00 bits per heavy atom. The van der Waals surface area contributed by atoms with Crippen LogP contribution < -0.4 is 0 Å². The van der Waals surface area contributed by atoms with E-state index in [1.807, 2.05) is 41.1 Å². The summed E-state index contributed by atoms with van der Waals surface area (Å²) in [6, 6.07) is 9.76. The van der Waals surface area contributed by atoms with Crippen molar-refractivity contribution in [3.63, 3.8) is 0 Å². The van der Waals surface area contributed by atoms with Crippen molar-refractivity contribution in [2.45, 2.75) is 6.61 Å². The molecule has 0 bridgehead atoms. The molecule has 0 unspecified atom stereocenters. The largest absolute Gasteiger partial charge is 0.390 e. The van der Waals surface area contributed by atoms with Gasteiger partial charge in [-0.3, -0.25) is 0 Å². The normalized spacial score (nSPS) is 10.6. The predicted molar refractivity (Wildman–Crippen MR) is 67.1 cm³/mol. The van der Waals surface area contributed by atoms with E-state index in [-0.39, 0.29) is 6.61 Å². The highest BCUT2D eigenvalue weighted by molar-refractivity contribution is 9.11. The monoisotopic (exact) mass is 329 g/mol. The first kappa shape index (κ1) is 10.9. The lowest BCUT2D eigenvalue weighted by Gasteiger charge is -2.10. The van der Waals surface area contributed by atoms with Gasteiger partial charge in [0.05, 0.1) is 12.3 Å². The summed E-state index contributed by atoms with van der Waals surface area (Å²) in [6.45, 7) is 0.0337. The minimum atomic E-state index is 0.0337. The maximum atomic E-state index is 9.18. The van der Waals surface area contributed by atoms with Crippen LogP contribution in [0.4, 0.5) is 0 Å². The van der Waals surface area contributed by atoms with Gasteiger partial charge in [-0.05, 0) is 46.3 Å². The van der Waals surface area contributed by atoms with Crippen LogP contribution >= 0.6 is 31.9 Å². The molecule has 0 amide bonds. The van der Waals surface area contributed by atoms with E-state index in [0.29, 0.717) is 0 Å². The van der Waals surface area contributed by atoms with Gasteiger partial charge in [0.1, 0.15) is 0 Å². The molecule has 2 aromatic rings. The van der Waals surface area contributed by atoms with Crippen molar-refractivity contribution in [3.8, 4) is 5.69 Å². The van der Waals surface area contributed by atoms with Gasteiger partial charge in [0.25, 0.3) is 0 Å². The van der Waals surface area contributed by atoms with Crippen LogP contribution in [0, 0.1) is 0 Å². The number of hydrogen-bond acceptors (Lipinski definition) is 1. The van der Waals surface area contributed by atoms with E-state index in [4.69, 9.17) is 0 Å². The second-order valence-corrected chi connectivity index (χ2v) is 4.89. The number of benzene rings is 1. The molecule has 4 heteroatoms. The molecule has 0 saturated heterocycles. The van der Waals surface area contributed by atoms with E-state index in [1.54, 1.807) is 0 Å². The molecular formula is C11H9Br2NO. The van der Waals surface area contributed by atoms with Crippen molar-refractivity contribution >= 4 is 31.9 Å². The SMILES string of the molecule is OCc1cccn1-c1cc(Br)ccc1Br. The molecule has 0 spiro atoms. The molecule has 2 rings (SSSR count). The van der Waals surface area contributed by atoms with Gasteiger partial charge in [-0.1, -0.05) is 15.9 Å². The predicted octanol–water partition coefficient (Wildman–Crippen LogP) is 3.49. The van der Waals surface area contributed by atoms with E-state index >= 15 is 0 Å². The van der Waals surface area contributed by atoms with Crippen molar-refractivity contribution < 1.29 is 5.11 Å². The Morgan fingerprint density at radius 1 is 1.20 bits per heavy atom. The zero-order valence-electron chi connectivity index (χ0n) is 7.82. The molecule has 15 heavy (non-hydrogen) atoms.